The summed E-state index contributed by atoms with van der Waals surface area (Å²) in [5.74, 6) is -2.01. The molecule has 7 heteroatoms. The van der Waals surface area contributed by atoms with E-state index in [0.29, 0.717) is 19.6 Å². The third-order valence-corrected chi connectivity index (χ3v) is 3.82. The lowest BCUT2D eigenvalue weighted by molar-refractivity contribution is -0.133. The van der Waals surface area contributed by atoms with Crippen molar-refractivity contribution in [2.24, 2.45) is 0 Å². The van der Waals surface area contributed by atoms with E-state index in [0.717, 1.165) is 12.1 Å². The van der Waals surface area contributed by atoms with E-state index in [1.54, 1.807) is 4.90 Å². The van der Waals surface area contributed by atoms with Crippen molar-refractivity contribution < 1.29 is 18.4 Å². The van der Waals surface area contributed by atoms with Gasteiger partial charge in [0.15, 0.2) is 0 Å². The van der Waals surface area contributed by atoms with Crippen LogP contribution in [0, 0.1) is 11.6 Å². The molecule has 1 aromatic rings. The average Bonchev–Trinajstić information content (AvgIpc) is 2.46. The van der Waals surface area contributed by atoms with Gasteiger partial charge in [-0.1, -0.05) is 6.07 Å². The van der Waals surface area contributed by atoms with E-state index in [1.807, 2.05) is 6.92 Å². The summed E-state index contributed by atoms with van der Waals surface area (Å²) in [6.07, 6.45) is -0.0607. The third-order valence-electron chi connectivity index (χ3n) is 3.82. The minimum atomic E-state index is -0.814. The van der Waals surface area contributed by atoms with Crippen LogP contribution in [0.4, 0.5) is 8.78 Å². The summed E-state index contributed by atoms with van der Waals surface area (Å²) in [5, 5.41) is 5.81. The third kappa shape index (κ3) is 4.72. The molecule has 2 atom stereocenters. The molecule has 0 radical (unpaired) electrons. The number of piperazine rings is 1. The van der Waals surface area contributed by atoms with Crippen LogP contribution in [0.15, 0.2) is 18.2 Å². The van der Waals surface area contributed by atoms with Gasteiger partial charge in [-0.15, -0.1) is 0 Å². The summed E-state index contributed by atoms with van der Waals surface area (Å²) in [6.45, 7) is 5.11. The van der Waals surface area contributed by atoms with E-state index in [1.165, 1.54) is 13.0 Å². The van der Waals surface area contributed by atoms with Gasteiger partial charge in [0.05, 0.1) is 12.5 Å². The van der Waals surface area contributed by atoms with Crippen LogP contribution >= 0.6 is 0 Å². The van der Waals surface area contributed by atoms with Gasteiger partial charge in [0.2, 0.25) is 11.8 Å². The van der Waals surface area contributed by atoms with Crippen molar-refractivity contribution in [1.29, 1.82) is 0 Å². The predicted octanol–water partition coefficient (Wildman–Crippen LogP) is 1.35. The number of hydrogen-bond acceptors (Lipinski definition) is 3. The first-order valence-corrected chi connectivity index (χ1v) is 7.60. The second-order valence-corrected chi connectivity index (χ2v) is 5.82. The maximum absolute atomic E-state index is 14.0. The van der Waals surface area contributed by atoms with Crippen LogP contribution in [0.5, 0.6) is 0 Å². The van der Waals surface area contributed by atoms with E-state index < -0.39 is 17.7 Å². The SMILES string of the molecule is CC(=O)NC(CC(=O)N1CCNC(C)C1)c1ccc(F)cc1F. The zero-order chi connectivity index (χ0) is 17.0. The smallest absolute Gasteiger partial charge is 0.225 e. The first kappa shape index (κ1) is 17.3. The maximum atomic E-state index is 14.0. The molecular weight excluding hydrogens is 304 g/mol. The van der Waals surface area contributed by atoms with E-state index in [-0.39, 0.29) is 29.8 Å². The quantitative estimate of drug-likeness (QED) is 0.878. The fraction of sp³-hybridized carbons (Fsp3) is 0.500. The van der Waals surface area contributed by atoms with E-state index in [9.17, 15) is 18.4 Å². The summed E-state index contributed by atoms with van der Waals surface area (Å²) in [7, 11) is 0. The highest BCUT2D eigenvalue weighted by molar-refractivity contribution is 5.79. The molecule has 1 saturated heterocycles. The summed E-state index contributed by atoms with van der Waals surface area (Å²) in [6, 6.07) is 2.51. The molecule has 0 aromatic heterocycles. The number of halogens is 2. The maximum Gasteiger partial charge on any atom is 0.225 e. The first-order valence-electron chi connectivity index (χ1n) is 7.60. The van der Waals surface area contributed by atoms with Crippen LogP contribution in [0.2, 0.25) is 0 Å². The number of nitrogens with one attached hydrogen (secondary N) is 2. The van der Waals surface area contributed by atoms with Gasteiger partial charge in [0, 0.05) is 44.2 Å². The number of benzene rings is 1. The molecular formula is C16H21F2N3O2. The molecule has 5 nitrogen and oxygen atoms in total. The zero-order valence-corrected chi connectivity index (χ0v) is 13.2. The molecule has 1 aliphatic heterocycles. The molecule has 2 amide bonds. The van der Waals surface area contributed by atoms with Crippen LogP contribution in [0.25, 0.3) is 0 Å². The Hall–Kier alpha value is -2.02. The fourth-order valence-electron chi connectivity index (χ4n) is 2.73. The molecule has 1 aromatic carbocycles. The molecule has 1 fully saturated rings. The summed E-state index contributed by atoms with van der Waals surface area (Å²) in [5.41, 5.74) is 0.109. The number of carbonyl (C=O) groups is 2. The summed E-state index contributed by atoms with van der Waals surface area (Å²) < 4.78 is 27.0. The Balaban J connectivity index is 2.15. The molecule has 2 unspecified atom stereocenters. The standard InChI is InChI=1S/C16H21F2N3O2/c1-10-9-21(6-5-19-10)16(23)8-15(20-11(2)22)13-4-3-12(17)7-14(13)18/h3-4,7,10,15,19H,5-6,8-9H2,1-2H3,(H,20,22). The van der Waals surface area contributed by atoms with Crippen LogP contribution < -0.4 is 10.6 Å². The molecule has 0 aliphatic carbocycles. The zero-order valence-electron chi connectivity index (χ0n) is 13.2. The second kappa shape index (κ2) is 7.50. The number of carbonyl (C=O) groups excluding carboxylic acids is 2. The second-order valence-electron chi connectivity index (χ2n) is 5.82. The Morgan fingerprint density at radius 1 is 1.43 bits per heavy atom. The van der Waals surface area contributed by atoms with Crippen LogP contribution in [0.1, 0.15) is 31.9 Å². The van der Waals surface area contributed by atoms with Gasteiger partial charge in [-0.2, -0.15) is 0 Å². The first-order chi connectivity index (χ1) is 10.9. The molecule has 0 bridgehead atoms. The largest absolute Gasteiger partial charge is 0.349 e. The van der Waals surface area contributed by atoms with Crippen molar-refractivity contribution in [2.45, 2.75) is 32.4 Å². The molecule has 126 valence electrons. The minimum Gasteiger partial charge on any atom is -0.349 e. The van der Waals surface area contributed by atoms with Gasteiger partial charge in [-0.3, -0.25) is 9.59 Å². The van der Waals surface area contributed by atoms with Gasteiger partial charge in [0.25, 0.3) is 0 Å². The lowest BCUT2D eigenvalue weighted by Gasteiger charge is -2.33. The van der Waals surface area contributed by atoms with Crippen molar-refractivity contribution in [3.63, 3.8) is 0 Å². The van der Waals surface area contributed by atoms with Crippen LogP contribution in [-0.4, -0.2) is 42.4 Å². The van der Waals surface area contributed by atoms with Crippen molar-refractivity contribution >= 4 is 11.8 Å². The number of hydrogen-bond donors (Lipinski definition) is 2. The Bertz CT molecular complexity index is 595. The van der Waals surface area contributed by atoms with Crippen LogP contribution in [0.3, 0.4) is 0 Å². The van der Waals surface area contributed by atoms with Gasteiger partial charge in [-0.25, -0.2) is 8.78 Å². The molecule has 0 spiro atoms. The minimum absolute atomic E-state index is 0.0607. The van der Waals surface area contributed by atoms with Gasteiger partial charge < -0.3 is 15.5 Å². The highest BCUT2D eigenvalue weighted by Gasteiger charge is 2.26. The highest BCUT2D eigenvalue weighted by Crippen LogP contribution is 2.22. The van der Waals surface area contributed by atoms with Crippen molar-refractivity contribution in [1.82, 2.24) is 15.5 Å². The Morgan fingerprint density at radius 2 is 2.17 bits per heavy atom. The number of rotatable bonds is 4. The molecule has 2 N–H and O–H groups in total. The average molecular weight is 325 g/mol. The van der Waals surface area contributed by atoms with Crippen molar-refractivity contribution in [3.8, 4) is 0 Å². The number of nitrogens with zero attached hydrogens (tertiary/aromatic N) is 1. The number of amides is 2. The predicted molar refractivity (Wildman–Crippen MR) is 81.6 cm³/mol. The molecule has 1 aliphatic rings. The highest BCUT2D eigenvalue weighted by atomic mass is 19.1. The Labute approximate surface area is 134 Å². The van der Waals surface area contributed by atoms with E-state index in [2.05, 4.69) is 10.6 Å². The Morgan fingerprint density at radius 3 is 2.78 bits per heavy atom. The summed E-state index contributed by atoms with van der Waals surface area (Å²) >= 11 is 0. The van der Waals surface area contributed by atoms with Gasteiger partial charge in [0.1, 0.15) is 11.6 Å². The van der Waals surface area contributed by atoms with Crippen LogP contribution in [-0.2, 0) is 9.59 Å². The fourth-order valence-corrected chi connectivity index (χ4v) is 2.73. The lowest BCUT2D eigenvalue weighted by Crippen LogP contribution is -2.51. The summed E-state index contributed by atoms with van der Waals surface area (Å²) in [4.78, 5) is 25.5. The van der Waals surface area contributed by atoms with Crippen molar-refractivity contribution in [3.05, 3.63) is 35.4 Å². The molecule has 23 heavy (non-hydrogen) atoms. The van der Waals surface area contributed by atoms with Gasteiger partial charge in [-0.05, 0) is 13.0 Å². The lowest BCUT2D eigenvalue weighted by atomic mass is 10.0. The topological polar surface area (TPSA) is 61.4 Å². The molecule has 2 rings (SSSR count). The van der Waals surface area contributed by atoms with E-state index >= 15 is 0 Å². The molecule has 1 heterocycles. The monoisotopic (exact) mass is 325 g/mol. The Kier molecular flexibility index (Phi) is 5.65. The van der Waals surface area contributed by atoms with Crippen molar-refractivity contribution in [2.75, 3.05) is 19.6 Å². The van der Waals surface area contributed by atoms with E-state index in [4.69, 9.17) is 0 Å². The molecule has 0 saturated carbocycles. The van der Waals surface area contributed by atoms with Gasteiger partial charge >= 0.3 is 0 Å². The normalized spacial score (nSPS) is 19.3.